The summed E-state index contributed by atoms with van der Waals surface area (Å²) in [6.45, 7) is 6.88. The molecule has 1 atom stereocenters. The van der Waals surface area contributed by atoms with Gasteiger partial charge in [0.25, 0.3) is 0 Å². The van der Waals surface area contributed by atoms with Gasteiger partial charge in [-0.1, -0.05) is 13.8 Å². The minimum absolute atomic E-state index is 0.0336. The second-order valence-corrected chi connectivity index (χ2v) is 4.24. The molecule has 76 valence electrons. The largest absolute Gasteiger partial charge is 0.349 e. The fraction of sp³-hybridized carbons (Fsp3) is 0.545. The number of rotatable bonds is 1. The number of hydrogen-bond acceptors (Lipinski definition) is 1. The number of aryl methyl sites for hydroxylation is 1. The lowest BCUT2D eigenvalue weighted by Crippen LogP contribution is -2.41. The van der Waals surface area contributed by atoms with Gasteiger partial charge >= 0.3 is 0 Å². The molecule has 2 rings (SSSR count). The zero-order valence-corrected chi connectivity index (χ0v) is 8.87. The van der Waals surface area contributed by atoms with Crippen LogP contribution in [0.15, 0.2) is 12.1 Å². The minimum atomic E-state index is -0.0336. The smallest absolute Gasteiger partial charge is 0.243 e. The third-order valence-electron chi connectivity index (χ3n) is 2.83. The van der Waals surface area contributed by atoms with Crippen molar-refractivity contribution < 1.29 is 4.79 Å². The average Bonchev–Trinajstić information content (AvgIpc) is 2.47. The van der Waals surface area contributed by atoms with E-state index < -0.39 is 0 Å². The molecule has 0 saturated heterocycles. The van der Waals surface area contributed by atoms with E-state index in [1.807, 2.05) is 0 Å². The molecule has 14 heavy (non-hydrogen) atoms. The molecule has 0 bridgehead atoms. The standard InChI is InChI=1S/C11H16N2O/c1-7(2)10-11(14)12-6-9-5-4-8(3)13(9)10/h4-5,7,10H,6H2,1-3H3,(H,12,14)/t10-/m0/s1. The highest BCUT2D eigenvalue weighted by Gasteiger charge is 2.29. The topological polar surface area (TPSA) is 34.0 Å². The van der Waals surface area contributed by atoms with Crippen LogP contribution in [0.5, 0.6) is 0 Å². The minimum Gasteiger partial charge on any atom is -0.349 e. The maximum Gasteiger partial charge on any atom is 0.243 e. The van der Waals surface area contributed by atoms with Crippen LogP contribution in [-0.2, 0) is 11.3 Å². The molecule has 0 aliphatic carbocycles. The Kier molecular flexibility index (Phi) is 2.10. The van der Waals surface area contributed by atoms with Gasteiger partial charge in [0, 0.05) is 11.4 Å². The Morgan fingerprint density at radius 3 is 2.86 bits per heavy atom. The van der Waals surface area contributed by atoms with Crippen molar-refractivity contribution in [1.29, 1.82) is 0 Å². The highest BCUT2D eigenvalue weighted by Crippen LogP contribution is 2.26. The zero-order chi connectivity index (χ0) is 10.3. The Hall–Kier alpha value is -1.25. The second-order valence-electron chi connectivity index (χ2n) is 4.24. The molecule has 1 amide bonds. The van der Waals surface area contributed by atoms with Crippen molar-refractivity contribution in [3.63, 3.8) is 0 Å². The van der Waals surface area contributed by atoms with E-state index in [4.69, 9.17) is 0 Å². The van der Waals surface area contributed by atoms with Crippen molar-refractivity contribution in [3.05, 3.63) is 23.5 Å². The van der Waals surface area contributed by atoms with E-state index >= 15 is 0 Å². The molecule has 1 N–H and O–H groups in total. The van der Waals surface area contributed by atoms with Crippen LogP contribution in [0, 0.1) is 12.8 Å². The summed E-state index contributed by atoms with van der Waals surface area (Å²) in [6.07, 6.45) is 0. The Bertz CT molecular complexity index is 365. The molecule has 1 aliphatic heterocycles. The van der Waals surface area contributed by atoms with Crippen molar-refractivity contribution in [3.8, 4) is 0 Å². The molecule has 0 unspecified atom stereocenters. The van der Waals surface area contributed by atoms with Gasteiger partial charge in [-0.05, 0) is 25.0 Å². The summed E-state index contributed by atoms with van der Waals surface area (Å²) in [7, 11) is 0. The van der Waals surface area contributed by atoms with Crippen LogP contribution >= 0.6 is 0 Å². The van der Waals surface area contributed by atoms with Gasteiger partial charge in [0.15, 0.2) is 0 Å². The SMILES string of the molecule is Cc1ccc2n1[C@@H](C(C)C)C(=O)NC2. The molecule has 1 aromatic heterocycles. The van der Waals surface area contributed by atoms with E-state index in [1.54, 1.807) is 0 Å². The maximum absolute atomic E-state index is 11.7. The van der Waals surface area contributed by atoms with E-state index in [-0.39, 0.29) is 11.9 Å². The fourth-order valence-electron chi connectivity index (χ4n) is 2.15. The summed E-state index contributed by atoms with van der Waals surface area (Å²) in [6, 6.07) is 4.13. The van der Waals surface area contributed by atoms with Crippen LogP contribution in [0.2, 0.25) is 0 Å². The van der Waals surface area contributed by atoms with E-state index in [0.717, 1.165) is 0 Å². The van der Waals surface area contributed by atoms with Crippen molar-refractivity contribution in [2.75, 3.05) is 0 Å². The van der Waals surface area contributed by atoms with Crippen LogP contribution in [-0.4, -0.2) is 10.5 Å². The van der Waals surface area contributed by atoms with Crippen LogP contribution in [0.3, 0.4) is 0 Å². The van der Waals surface area contributed by atoms with Gasteiger partial charge in [-0.25, -0.2) is 0 Å². The summed E-state index contributed by atoms with van der Waals surface area (Å²) in [5, 5.41) is 2.92. The number of hydrogen-bond donors (Lipinski definition) is 1. The molecule has 2 heterocycles. The molecule has 3 nitrogen and oxygen atoms in total. The van der Waals surface area contributed by atoms with Gasteiger partial charge in [0.1, 0.15) is 6.04 Å². The highest BCUT2D eigenvalue weighted by molar-refractivity contribution is 5.81. The molecule has 0 fully saturated rings. The number of nitrogens with zero attached hydrogens (tertiary/aromatic N) is 1. The van der Waals surface area contributed by atoms with Gasteiger partial charge in [-0.3, -0.25) is 4.79 Å². The van der Waals surface area contributed by atoms with Gasteiger partial charge in [-0.15, -0.1) is 0 Å². The molecular weight excluding hydrogens is 176 g/mol. The number of aromatic nitrogens is 1. The summed E-state index contributed by atoms with van der Waals surface area (Å²) >= 11 is 0. The maximum atomic E-state index is 11.7. The van der Waals surface area contributed by atoms with Crippen molar-refractivity contribution in [2.45, 2.75) is 33.4 Å². The summed E-state index contributed by atoms with van der Waals surface area (Å²) in [4.78, 5) is 11.7. The Balaban J connectivity index is 2.50. The van der Waals surface area contributed by atoms with Gasteiger partial charge < -0.3 is 9.88 Å². The Morgan fingerprint density at radius 2 is 2.21 bits per heavy atom. The lowest BCUT2D eigenvalue weighted by Gasteiger charge is -2.30. The zero-order valence-electron chi connectivity index (χ0n) is 8.87. The highest BCUT2D eigenvalue weighted by atomic mass is 16.2. The third-order valence-corrected chi connectivity index (χ3v) is 2.83. The lowest BCUT2D eigenvalue weighted by atomic mass is 10.0. The van der Waals surface area contributed by atoms with Crippen LogP contribution in [0.4, 0.5) is 0 Å². The average molecular weight is 192 g/mol. The van der Waals surface area contributed by atoms with Crippen molar-refractivity contribution in [2.24, 2.45) is 5.92 Å². The van der Waals surface area contributed by atoms with Crippen LogP contribution < -0.4 is 5.32 Å². The van der Waals surface area contributed by atoms with Crippen molar-refractivity contribution in [1.82, 2.24) is 9.88 Å². The lowest BCUT2D eigenvalue weighted by molar-refractivity contribution is -0.126. The molecule has 0 saturated carbocycles. The monoisotopic (exact) mass is 192 g/mol. The third kappa shape index (κ3) is 1.24. The number of carbonyl (C=O) groups is 1. The number of fused-ring (bicyclic) bond motifs is 1. The predicted octanol–water partition coefficient (Wildman–Crippen LogP) is 1.62. The van der Waals surface area contributed by atoms with Gasteiger partial charge in [-0.2, -0.15) is 0 Å². The van der Waals surface area contributed by atoms with Gasteiger partial charge in [0.05, 0.1) is 6.54 Å². The quantitative estimate of drug-likeness (QED) is 0.721. The molecular formula is C11H16N2O. The van der Waals surface area contributed by atoms with Crippen LogP contribution in [0.1, 0.15) is 31.3 Å². The normalized spacial score (nSPS) is 20.9. The fourth-order valence-corrected chi connectivity index (χ4v) is 2.15. The van der Waals surface area contributed by atoms with Crippen LogP contribution in [0.25, 0.3) is 0 Å². The summed E-state index contributed by atoms with van der Waals surface area (Å²) in [5.74, 6) is 0.479. The molecule has 0 aromatic carbocycles. The first-order valence-electron chi connectivity index (χ1n) is 5.05. The Morgan fingerprint density at radius 1 is 1.50 bits per heavy atom. The van der Waals surface area contributed by atoms with E-state index in [2.05, 4.69) is 42.8 Å². The molecule has 0 spiro atoms. The van der Waals surface area contributed by atoms with Gasteiger partial charge in [0.2, 0.25) is 5.91 Å². The second kappa shape index (κ2) is 3.15. The first kappa shape index (κ1) is 9.31. The number of carbonyl (C=O) groups excluding carboxylic acids is 1. The molecule has 0 radical (unpaired) electrons. The molecule has 3 heteroatoms. The predicted molar refractivity (Wildman–Crippen MR) is 54.9 cm³/mol. The van der Waals surface area contributed by atoms with E-state index in [9.17, 15) is 4.79 Å². The first-order chi connectivity index (χ1) is 6.61. The number of nitrogens with one attached hydrogen (secondary N) is 1. The first-order valence-corrected chi connectivity index (χ1v) is 5.05. The molecule has 1 aliphatic rings. The Labute approximate surface area is 84.1 Å². The van der Waals surface area contributed by atoms with Crippen molar-refractivity contribution >= 4 is 5.91 Å². The van der Waals surface area contributed by atoms with E-state index in [1.165, 1.54) is 11.4 Å². The molecule has 1 aromatic rings. The number of amides is 1. The summed E-state index contributed by atoms with van der Waals surface area (Å²) < 4.78 is 2.16. The summed E-state index contributed by atoms with van der Waals surface area (Å²) in [5.41, 5.74) is 2.38. The van der Waals surface area contributed by atoms with E-state index in [0.29, 0.717) is 12.5 Å².